The third-order valence-corrected chi connectivity index (χ3v) is 3.46. The highest BCUT2D eigenvalue weighted by Crippen LogP contribution is 2.41. The van der Waals surface area contributed by atoms with Crippen molar-refractivity contribution in [1.29, 1.82) is 0 Å². The van der Waals surface area contributed by atoms with Crippen molar-refractivity contribution in [3.8, 4) is 0 Å². The van der Waals surface area contributed by atoms with Crippen LogP contribution in [0.3, 0.4) is 0 Å². The second kappa shape index (κ2) is 4.49. The molecule has 4 nitrogen and oxygen atoms in total. The first kappa shape index (κ1) is 12.1. The molecule has 1 aromatic rings. The summed E-state index contributed by atoms with van der Waals surface area (Å²) in [6.07, 6.45) is 2.61. The summed E-state index contributed by atoms with van der Waals surface area (Å²) in [5.74, 6) is -0.238. The van der Waals surface area contributed by atoms with E-state index in [1.54, 1.807) is 0 Å². The van der Waals surface area contributed by atoms with E-state index in [1.807, 2.05) is 35.1 Å². The van der Waals surface area contributed by atoms with E-state index in [-0.39, 0.29) is 17.7 Å². The van der Waals surface area contributed by atoms with E-state index in [0.717, 1.165) is 19.1 Å². The first-order valence-corrected chi connectivity index (χ1v) is 7.40. The molecular formula is C12H15NO3S. The van der Waals surface area contributed by atoms with Gasteiger partial charge in [0.1, 0.15) is 0 Å². The predicted molar refractivity (Wildman–Crippen MR) is 64.7 cm³/mol. The summed E-state index contributed by atoms with van der Waals surface area (Å²) in [5, 5.41) is 0. The highest BCUT2D eigenvalue weighted by atomic mass is 32.2. The number of benzene rings is 1. The molecule has 1 aliphatic carbocycles. The fourth-order valence-electron chi connectivity index (χ4n) is 1.97. The standard InChI is InChI=1S/C12H15NO3S/c1-17(15,16)13-12(14)11-8-10(11)7-9-5-3-2-4-6-9/h2-6,10-11H,7-8H2,1H3,(H,13,14). The zero-order valence-corrected chi connectivity index (χ0v) is 10.4. The molecule has 0 radical (unpaired) electrons. The molecular weight excluding hydrogens is 238 g/mol. The quantitative estimate of drug-likeness (QED) is 0.868. The van der Waals surface area contributed by atoms with Gasteiger partial charge < -0.3 is 0 Å². The molecule has 1 fully saturated rings. The SMILES string of the molecule is CS(=O)(=O)NC(=O)C1CC1Cc1ccccc1. The minimum Gasteiger partial charge on any atom is -0.274 e. The summed E-state index contributed by atoms with van der Waals surface area (Å²) in [6, 6.07) is 9.91. The molecule has 0 saturated heterocycles. The molecule has 1 aliphatic rings. The molecule has 1 N–H and O–H groups in total. The van der Waals surface area contributed by atoms with Crippen LogP contribution in [-0.2, 0) is 21.2 Å². The third-order valence-electron chi connectivity index (χ3n) is 2.89. The van der Waals surface area contributed by atoms with Crippen molar-refractivity contribution in [2.75, 3.05) is 6.26 Å². The molecule has 0 aromatic heterocycles. The Morgan fingerprint density at radius 3 is 2.59 bits per heavy atom. The van der Waals surface area contributed by atoms with Gasteiger partial charge in [-0.05, 0) is 24.3 Å². The van der Waals surface area contributed by atoms with Gasteiger partial charge in [0.25, 0.3) is 0 Å². The lowest BCUT2D eigenvalue weighted by molar-refractivity contribution is -0.120. The van der Waals surface area contributed by atoms with Crippen LogP contribution in [-0.4, -0.2) is 20.6 Å². The Hall–Kier alpha value is -1.36. The van der Waals surface area contributed by atoms with Crippen molar-refractivity contribution in [1.82, 2.24) is 4.72 Å². The second-order valence-corrected chi connectivity index (χ2v) is 6.28. The summed E-state index contributed by atoms with van der Waals surface area (Å²) in [5.41, 5.74) is 1.19. The average molecular weight is 253 g/mol. The lowest BCUT2D eigenvalue weighted by Gasteiger charge is -2.02. The lowest BCUT2D eigenvalue weighted by Crippen LogP contribution is -2.31. The fourth-order valence-corrected chi connectivity index (χ4v) is 2.49. The fraction of sp³-hybridized carbons (Fsp3) is 0.417. The maximum Gasteiger partial charge on any atom is 0.236 e. The van der Waals surface area contributed by atoms with Crippen LogP contribution < -0.4 is 4.72 Å². The molecule has 0 bridgehead atoms. The molecule has 2 unspecified atom stereocenters. The Labute approximate surface area is 101 Å². The van der Waals surface area contributed by atoms with Crippen LogP contribution in [0.2, 0.25) is 0 Å². The van der Waals surface area contributed by atoms with Crippen LogP contribution in [0, 0.1) is 11.8 Å². The molecule has 2 rings (SSSR count). The molecule has 17 heavy (non-hydrogen) atoms. The van der Waals surface area contributed by atoms with Gasteiger partial charge in [-0.25, -0.2) is 8.42 Å². The molecule has 1 saturated carbocycles. The Morgan fingerprint density at radius 2 is 2.00 bits per heavy atom. The van der Waals surface area contributed by atoms with Gasteiger partial charge in [0.2, 0.25) is 15.9 Å². The maximum absolute atomic E-state index is 11.5. The monoisotopic (exact) mass is 253 g/mol. The Bertz CT molecular complexity index is 510. The minimum atomic E-state index is -3.42. The van der Waals surface area contributed by atoms with Crippen molar-refractivity contribution < 1.29 is 13.2 Å². The first-order valence-electron chi connectivity index (χ1n) is 5.51. The summed E-state index contributed by atoms with van der Waals surface area (Å²) in [4.78, 5) is 11.5. The van der Waals surface area contributed by atoms with Gasteiger partial charge in [-0.3, -0.25) is 9.52 Å². The van der Waals surface area contributed by atoms with Crippen LogP contribution in [0.5, 0.6) is 0 Å². The second-order valence-electron chi connectivity index (χ2n) is 4.53. The number of amides is 1. The molecule has 0 aliphatic heterocycles. The number of carbonyl (C=O) groups is 1. The topological polar surface area (TPSA) is 63.2 Å². The van der Waals surface area contributed by atoms with E-state index in [0.29, 0.717) is 0 Å². The number of hydrogen-bond donors (Lipinski definition) is 1. The smallest absolute Gasteiger partial charge is 0.236 e. The van der Waals surface area contributed by atoms with Gasteiger partial charge in [0.15, 0.2) is 0 Å². The number of sulfonamides is 1. The van der Waals surface area contributed by atoms with E-state index < -0.39 is 10.0 Å². The summed E-state index contributed by atoms with van der Waals surface area (Å²) in [7, 11) is -3.42. The molecule has 5 heteroatoms. The predicted octanol–water partition coefficient (Wildman–Crippen LogP) is 0.941. The molecule has 1 aromatic carbocycles. The summed E-state index contributed by atoms with van der Waals surface area (Å²) >= 11 is 0. The number of rotatable bonds is 4. The van der Waals surface area contributed by atoms with Crippen molar-refractivity contribution >= 4 is 15.9 Å². The Kier molecular flexibility index (Phi) is 3.19. The van der Waals surface area contributed by atoms with Crippen LogP contribution in [0.1, 0.15) is 12.0 Å². The minimum absolute atomic E-state index is 0.148. The van der Waals surface area contributed by atoms with Crippen molar-refractivity contribution in [3.05, 3.63) is 35.9 Å². The van der Waals surface area contributed by atoms with E-state index in [1.165, 1.54) is 5.56 Å². The molecule has 0 heterocycles. The van der Waals surface area contributed by atoms with Gasteiger partial charge in [0, 0.05) is 5.92 Å². The van der Waals surface area contributed by atoms with Gasteiger partial charge in [0.05, 0.1) is 6.26 Å². The van der Waals surface area contributed by atoms with Gasteiger partial charge in [-0.2, -0.15) is 0 Å². The van der Waals surface area contributed by atoms with E-state index in [2.05, 4.69) is 0 Å². The van der Waals surface area contributed by atoms with E-state index >= 15 is 0 Å². The molecule has 0 spiro atoms. The highest BCUT2D eigenvalue weighted by Gasteiger charge is 2.43. The van der Waals surface area contributed by atoms with Crippen LogP contribution >= 0.6 is 0 Å². The normalized spacial score (nSPS) is 23.1. The maximum atomic E-state index is 11.5. The van der Waals surface area contributed by atoms with Crippen LogP contribution in [0.25, 0.3) is 0 Å². The van der Waals surface area contributed by atoms with Crippen molar-refractivity contribution in [2.45, 2.75) is 12.8 Å². The number of carbonyl (C=O) groups excluding carboxylic acids is 1. The zero-order valence-electron chi connectivity index (χ0n) is 9.59. The molecule has 1 amide bonds. The largest absolute Gasteiger partial charge is 0.274 e. The Morgan fingerprint density at radius 1 is 1.35 bits per heavy atom. The zero-order chi connectivity index (χ0) is 12.5. The third kappa shape index (κ3) is 3.56. The van der Waals surface area contributed by atoms with Crippen LogP contribution in [0.4, 0.5) is 0 Å². The van der Waals surface area contributed by atoms with Crippen LogP contribution in [0.15, 0.2) is 30.3 Å². The van der Waals surface area contributed by atoms with E-state index in [4.69, 9.17) is 0 Å². The summed E-state index contributed by atoms with van der Waals surface area (Å²) in [6.45, 7) is 0. The average Bonchev–Trinajstić information content (AvgIpc) is 2.96. The molecule has 2 atom stereocenters. The lowest BCUT2D eigenvalue weighted by atomic mass is 10.1. The van der Waals surface area contributed by atoms with Gasteiger partial charge in [-0.15, -0.1) is 0 Å². The Balaban J connectivity index is 1.87. The first-order chi connectivity index (χ1) is 7.96. The van der Waals surface area contributed by atoms with Gasteiger partial charge in [-0.1, -0.05) is 30.3 Å². The number of nitrogens with one attached hydrogen (secondary N) is 1. The van der Waals surface area contributed by atoms with Crippen molar-refractivity contribution in [2.24, 2.45) is 11.8 Å². The van der Waals surface area contributed by atoms with Crippen molar-refractivity contribution in [3.63, 3.8) is 0 Å². The highest BCUT2D eigenvalue weighted by molar-refractivity contribution is 7.89. The number of hydrogen-bond acceptors (Lipinski definition) is 3. The summed E-state index contributed by atoms with van der Waals surface area (Å²) < 4.78 is 23.8. The van der Waals surface area contributed by atoms with E-state index in [9.17, 15) is 13.2 Å². The molecule has 92 valence electrons. The van der Waals surface area contributed by atoms with Gasteiger partial charge >= 0.3 is 0 Å².